The van der Waals surface area contributed by atoms with Gasteiger partial charge in [0.05, 0.1) is 6.04 Å². The van der Waals surface area contributed by atoms with Crippen molar-refractivity contribution in [1.29, 1.82) is 0 Å². The van der Waals surface area contributed by atoms with E-state index in [1.54, 1.807) is 0 Å². The first kappa shape index (κ1) is 32.8. The standard InChI is InChI=1S/C49H48N2/c1-3-49(4-2)47-35-38(26-25-37-27-30-43(31-28-37)50(39-17-9-5-10-18-39)40-19-11-6-12-20-40)29-33-45(47)46-34-32-44(36-48(46)49)51(41-21-13-7-14-22-41)42-23-15-8-16-24-42/h5-7,9-15,17-21,23-36,41,46,48H,3-4,8,16,22H2,1-2H3/b26-25+. The zero-order valence-electron chi connectivity index (χ0n) is 29.9. The Morgan fingerprint density at radius 2 is 1.35 bits per heavy atom. The Balaban J connectivity index is 1.07. The lowest BCUT2D eigenvalue weighted by Crippen LogP contribution is -2.36. The van der Waals surface area contributed by atoms with Gasteiger partial charge < -0.3 is 9.80 Å². The second kappa shape index (κ2) is 14.5. The molecule has 4 aromatic carbocycles. The average Bonchev–Trinajstić information content (AvgIpc) is 3.48. The summed E-state index contributed by atoms with van der Waals surface area (Å²) in [6.45, 7) is 4.80. The molecule has 0 N–H and O–H groups in total. The molecule has 2 nitrogen and oxygen atoms in total. The summed E-state index contributed by atoms with van der Waals surface area (Å²) < 4.78 is 0. The van der Waals surface area contributed by atoms with E-state index in [1.165, 1.54) is 33.6 Å². The van der Waals surface area contributed by atoms with Crippen LogP contribution in [0.2, 0.25) is 0 Å². The van der Waals surface area contributed by atoms with E-state index in [0.717, 1.165) is 49.2 Å². The van der Waals surface area contributed by atoms with E-state index in [4.69, 9.17) is 0 Å². The lowest BCUT2D eigenvalue weighted by atomic mass is 9.67. The highest BCUT2D eigenvalue weighted by Crippen LogP contribution is 2.57. The molecule has 8 rings (SSSR count). The molecule has 0 aromatic heterocycles. The molecular weight excluding hydrogens is 617 g/mol. The van der Waals surface area contributed by atoms with E-state index >= 15 is 0 Å². The van der Waals surface area contributed by atoms with Gasteiger partial charge >= 0.3 is 0 Å². The number of hydrogen-bond acceptors (Lipinski definition) is 2. The summed E-state index contributed by atoms with van der Waals surface area (Å²) in [4.78, 5) is 4.90. The van der Waals surface area contributed by atoms with Gasteiger partial charge in [-0.05, 0) is 109 Å². The molecule has 3 unspecified atom stereocenters. The van der Waals surface area contributed by atoms with Gasteiger partial charge in [0.15, 0.2) is 0 Å². The lowest BCUT2D eigenvalue weighted by Gasteiger charge is -2.40. The van der Waals surface area contributed by atoms with Gasteiger partial charge in [-0.15, -0.1) is 0 Å². The number of nitrogens with zero attached hydrogens (tertiary/aromatic N) is 2. The quantitative estimate of drug-likeness (QED) is 0.156. The van der Waals surface area contributed by atoms with Crippen LogP contribution in [0.1, 0.15) is 74.1 Å². The number of benzene rings is 4. The van der Waals surface area contributed by atoms with Crippen molar-refractivity contribution in [3.63, 3.8) is 0 Å². The second-order valence-electron chi connectivity index (χ2n) is 14.2. The van der Waals surface area contributed by atoms with E-state index in [1.807, 2.05) is 0 Å². The minimum atomic E-state index is 0.102. The fourth-order valence-corrected chi connectivity index (χ4v) is 8.90. The predicted octanol–water partition coefficient (Wildman–Crippen LogP) is 13.0. The lowest BCUT2D eigenvalue weighted by molar-refractivity contribution is 0.293. The molecule has 0 amide bonds. The molecule has 2 heteroatoms. The molecule has 254 valence electrons. The summed E-state index contributed by atoms with van der Waals surface area (Å²) in [5.41, 5.74) is 11.7. The maximum Gasteiger partial charge on any atom is 0.0559 e. The highest BCUT2D eigenvalue weighted by molar-refractivity contribution is 5.78. The van der Waals surface area contributed by atoms with Gasteiger partial charge in [-0.3, -0.25) is 0 Å². The number of fused-ring (bicyclic) bond motifs is 3. The van der Waals surface area contributed by atoms with Crippen LogP contribution in [0.4, 0.5) is 17.1 Å². The average molecular weight is 665 g/mol. The molecule has 0 fully saturated rings. The Morgan fingerprint density at radius 1 is 0.667 bits per heavy atom. The zero-order valence-corrected chi connectivity index (χ0v) is 29.9. The zero-order chi connectivity index (χ0) is 34.6. The highest BCUT2D eigenvalue weighted by atomic mass is 15.2. The van der Waals surface area contributed by atoms with Gasteiger partial charge in [0.1, 0.15) is 0 Å². The van der Waals surface area contributed by atoms with Crippen LogP contribution in [0.3, 0.4) is 0 Å². The van der Waals surface area contributed by atoms with E-state index in [9.17, 15) is 0 Å². The van der Waals surface area contributed by atoms with Crippen LogP contribution >= 0.6 is 0 Å². The second-order valence-corrected chi connectivity index (χ2v) is 14.2. The minimum Gasteiger partial charge on any atom is -0.335 e. The van der Waals surface area contributed by atoms with E-state index in [2.05, 4.69) is 200 Å². The van der Waals surface area contributed by atoms with Gasteiger partial charge in [0, 0.05) is 39.8 Å². The van der Waals surface area contributed by atoms with E-state index in [0.29, 0.717) is 17.9 Å². The Kier molecular flexibility index (Phi) is 9.33. The van der Waals surface area contributed by atoms with Crippen molar-refractivity contribution in [1.82, 2.24) is 4.90 Å². The molecule has 0 spiro atoms. The van der Waals surface area contributed by atoms with Crippen molar-refractivity contribution in [2.24, 2.45) is 5.92 Å². The molecule has 0 saturated carbocycles. The smallest absolute Gasteiger partial charge is 0.0559 e. The maximum absolute atomic E-state index is 2.64. The molecule has 51 heavy (non-hydrogen) atoms. The SMILES string of the molecule is CCC1(CC)c2cc(/C=C/c3ccc(N(c4ccccc4)c4ccccc4)cc3)ccc2C2C=CC(N(C3=CCCC=C3)C3C=CC=CC3)=CC21. The third-order valence-electron chi connectivity index (χ3n) is 11.6. The first-order chi connectivity index (χ1) is 25.2. The number of hydrogen-bond donors (Lipinski definition) is 0. The Morgan fingerprint density at radius 3 is 2.00 bits per heavy atom. The topological polar surface area (TPSA) is 6.48 Å². The van der Waals surface area contributed by atoms with Crippen molar-refractivity contribution in [3.8, 4) is 0 Å². The van der Waals surface area contributed by atoms with Crippen LogP contribution in [0.5, 0.6) is 0 Å². The summed E-state index contributed by atoms with van der Waals surface area (Å²) in [6, 6.07) is 37.7. The Hall–Kier alpha value is -5.34. The van der Waals surface area contributed by atoms with Crippen LogP contribution in [0.15, 0.2) is 175 Å². The van der Waals surface area contributed by atoms with E-state index < -0.39 is 0 Å². The fourth-order valence-electron chi connectivity index (χ4n) is 8.90. The van der Waals surface area contributed by atoms with Gasteiger partial charge in [0.2, 0.25) is 0 Å². The molecule has 4 aliphatic rings. The van der Waals surface area contributed by atoms with Crippen LogP contribution < -0.4 is 4.90 Å². The minimum absolute atomic E-state index is 0.102. The monoisotopic (exact) mass is 664 g/mol. The van der Waals surface area contributed by atoms with Gasteiger partial charge in [0.25, 0.3) is 0 Å². The first-order valence-corrected chi connectivity index (χ1v) is 18.9. The molecule has 0 bridgehead atoms. The normalized spacial score (nSPS) is 21.3. The van der Waals surface area contributed by atoms with Crippen molar-refractivity contribution in [3.05, 3.63) is 198 Å². The molecule has 0 saturated heterocycles. The molecular formula is C49H48N2. The molecule has 0 radical (unpaired) electrons. The first-order valence-electron chi connectivity index (χ1n) is 18.9. The van der Waals surface area contributed by atoms with Crippen molar-refractivity contribution < 1.29 is 0 Å². The summed E-state index contributed by atoms with van der Waals surface area (Å²) in [5, 5.41) is 0. The third kappa shape index (κ3) is 6.29. The summed E-state index contributed by atoms with van der Waals surface area (Å²) >= 11 is 0. The van der Waals surface area contributed by atoms with Gasteiger partial charge in [-0.25, -0.2) is 0 Å². The number of rotatable bonds is 10. The van der Waals surface area contributed by atoms with E-state index in [-0.39, 0.29) is 5.41 Å². The third-order valence-corrected chi connectivity index (χ3v) is 11.6. The molecule has 0 aliphatic heterocycles. The molecule has 4 aromatic rings. The summed E-state index contributed by atoms with van der Waals surface area (Å²) in [5.74, 6) is 0.844. The fraction of sp³-hybridized carbons (Fsp3) is 0.224. The number of allylic oxidation sites excluding steroid dienone is 8. The molecule has 0 heterocycles. The van der Waals surface area contributed by atoms with Crippen LogP contribution in [-0.4, -0.2) is 10.9 Å². The van der Waals surface area contributed by atoms with Crippen LogP contribution in [-0.2, 0) is 5.41 Å². The number of para-hydroxylation sites is 2. The van der Waals surface area contributed by atoms with Crippen molar-refractivity contribution >= 4 is 29.2 Å². The molecule has 4 aliphatic carbocycles. The van der Waals surface area contributed by atoms with Crippen LogP contribution in [0, 0.1) is 5.92 Å². The molecule has 3 atom stereocenters. The number of anilines is 3. The van der Waals surface area contributed by atoms with Gasteiger partial charge in [-0.1, -0.05) is 141 Å². The van der Waals surface area contributed by atoms with Crippen molar-refractivity contribution in [2.75, 3.05) is 4.90 Å². The van der Waals surface area contributed by atoms with Crippen molar-refractivity contribution in [2.45, 2.75) is 63.3 Å². The highest BCUT2D eigenvalue weighted by Gasteiger charge is 2.49. The predicted molar refractivity (Wildman–Crippen MR) is 217 cm³/mol. The Labute approximate surface area is 304 Å². The largest absolute Gasteiger partial charge is 0.335 e. The summed E-state index contributed by atoms with van der Waals surface area (Å²) in [7, 11) is 0. The Bertz CT molecular complexity index is 2010. The maximum atomic E-state index is 2.64. The van der Waals surface area contributed by atoms with Crippen LogP contribution in [0.25, 0.3) is 12.2 Å². The summed E-state index contributed by atoms with van der Waals surface area (Å²) in [6.07, 6.45) is 33.8. The van der Waals surface area contributed by atoms with Gasteiger partial charge in [-0.2, -0.15) is 0 Å².